The predicted octanol–water partition coefficient (Wildman–Crippen LogP) is 1.14. The minimum atomic E-state index is -0.00445. The van der Waals surface area contributed by atoms with E-state index in [1.807, 2.05) is 13.8 Å². The highest BCUT2D eigenvalue weighted by molar-refractivity contribution is 6.28. The van der Waals surface area contributed by atoms with Crippen LogP contribution in [0.3, 0.4) is 0 Å². The van der Waals surface area contributed by atoms with E-state index in [-0.39, 0.29) is 11.2 Å². The van der Waals surface area contributed by atoms with Crippen LogP contribution in [0.15, 0.2) is 0 Å². The summed E-state index contributed by atoms with van der Waals surface area (Å²) in [7, 11) is 1.69. The van der Waals surface area contributed by atoms with E-state index in [0.29, 0.717) is 37.3 Å². The van der Waals surface area contributed by atoms with Gasteiger partial charge in [-0.15, -0.1) is 0 Å². The first-order chi connectivity index (χ1) is 9.01. The van der Waals surface area contributed by atoms with Gasteiger partial charge in [-0.25, -0.2) is 0 Å². The summed E-state index contributed by atoms with van der Waals surface area (Å²) >= 11 is 5.73. The number of carbonyl (C=O) groups is 1. The second kappa shape index (κ2) is 7.73. The molecule has 8 heteroatoms. The normalized spacial score (nSPS) is 10.4. The zero-order chi connectivity index (χ0) is 14.3. The van der Waals surface area contributed by atoms with Gasteiger partial charge in [0.05, 0.1) is 0 Å². The summed E-state index contributed by atoms with van der Waals surface area (Å²) in [5.41, 5.74) is 0. The van der Waals surface area contributed by atoms with E-state index in [1.54, 1.807) is 7.05 Å². The zero-order valence-electron chi connectivity index (χ0n) is 11.3. The van der Waals surface area contributed by atoms with Crippen LogP contribution in [0.4, 0.5) is 11.9 Å². The van der Waals surface area contributed by atoms with Gasteiger partial charge >= 0.3 is 0 Å². The minimum absolute atomic E-state index is 0.00445. The SMILES string of the molecule is CNc1nc(Cl)nc(NCCC(=O)NCC(C)C)n1. The van der Waals surface area contributed by atoms with Gasteiger partial charge in [0, 0.05) is 26.6 Å². The number of aromatic nitrogens is 3. The van der Waals surface area contributed by atoms with Crippen molar-refractivity contribution in [2.75, 3.05) is 30.8 Å². The lowest BCUT2D eigenvalue weighted by Gasteiger charge is -2.08. The topological polar surface area (TPSA) is 91.8 Å². The number of hydrogen-bond acceptors (Lipinski definition) is 6. The molecular formula is C11H19ClN6O. The van der Waals surface area contributed by atoms with Gasteiger partial charge in [-0.2, -0.15) is 15.0 Å². The predicted molar refractivity (Wildman–Crippen MR) is 75.3 cm³/mol. The summed E-state index contributed by atoms with van der Waals surface area (Å²) in [5.74, 6) is 1.17. The van der Waals surface area contributed by atoms with E-state index in [1.165, 1.54) is 0 Å². The molecule has 0 aromatic carbocycles. The van der Waals surface area contributed by atoms with Crippen molar-refractivity contribution in [1.29, 1.82) is 0 Å². The first-order valence-corrected chi connectivity index (χ1v) is 6.49. The smallest absolute Gasteiger partial charge is 0.228 e. The first-order valence-electron chi connectivity index (χ1n) is 6.11. The van der Waals surface area contributed by atoms with Crippen LogP contribution < -0.4 is 16.0 Å². The number of nitrogens with zero attached hydrogens (tertiary/aromatic N) is 3. The van der Waals surface area contributed by atoms with Crippen LogP contribution in [0.1, 0.15) is 20.3 Å². The Morgan fingerprint density at radius 3 is 2.58 bits per heavy atom. The van der Waals surface area contributed by atoms with Crippen molar-refractivity contribution in [3.63, 3.8) is 0 Å². The van der Waals surface area contributed by atoms with Gasteiger partial charge in [0.2, 0.25) is 23.1 Å². The average molecular weight is 287 g/mol. The van der Waals surface area contributed by atoms with Crippen LogP contribution in [0, 0.1) is 5.92 Å². The van der Waals surface area contributed by atoms with Crippen molar-refractivity contribution in [2.24, 2.45) is 5.92 Å². The fraction of sp³-hybridized carbons (Fsp3) is 0.636. The van der Waals surface area contributed by atoms with Crippen molar-refractivity contribution < 1.29 is 4.79 Å². The Labute approximate surface area is 117 Å². The summed E-state index contributed by atoms with van der Waals surface area (Å²) in [6.45, 7) is 5.21. The Balaban J connectivity index is 2.36. The maximum atomic E-state index is 11.5. The van der Waals surface area contributed by atoms with E-state index in [9.17, 15) is 4.79 Å². The number of halogens is 1. The molecular weight excluding hydrogens is 268 g/mol. The summed E-state index contributed by atoms with van der Waals surface area (Å²) in [6.07, 6.45) is 0.352. The van der Waals surface area contributed by atoms with Crippen molar-refractivity contribution in [1.82, 2.24) is 20.3 Å². The fourth-order valence-electron chi connectivity index (χ4n) is 1.24. The molecule has 106 valence electrons. The molecule has 7 nitrogen and oxygen atoms in total. The molecule has 0 atom stereocenters. The van der Waals surface area contributed by atoms with Gasteiger partial charge in [0.15, 0.2) is 0 Å². The standard InChI is InChI=1S/C11H19ClN6O/c1-7(2)6-15-8(19)4-5-14-11-17-9(12)16-10(13-3)18-11/h7H,4-6H2,1-3H3,(H,15,19)(H2,13,14,16,17,18). The largest absolute Gasteiger partial charge is 0.357 e. The molecule has 0 spiro atoms. The Morgan fingerprint density at radius 1 is 1.26 bits per heavy atom. The monoisotopic (exact) mass is 286 g/mol. The molecule has 0 aliphatic rings. The number of rotatable bonds is 7. The third-order valence-corrected chi connectivity index (χ3v) is 2.34. The molecule has 0 aliphatic heterocycles. The van der Waals surface area contributed by atoms with Gasteiger partial charge in [-0.05, 0) is 17.5 Å². The molecule has 1 heterocycles. The summed E-state index contributed by atoms with van der Waals surface area (Å²) in [6, 6.07) is 0. The molecule has 0 saturated heterocycles. The molecule has 0 unspecified atom stereocenters. The molecule has 0 fully saturated rings. The van der Waals surface area contributed by atoms with Crippen LogP contribution in [-0.4, -0.2) is 41.0 Å². The van der Waals surface area contributed by atoms with Crippen LogP contribution in [0.2, 0.25) is 5.28 Å². The molecule has 0 aliphatic carbocycles. The lowest BCUT2D eigenvalue weighted by Crippen LogP contribution is -2.28. The average Bonchev–Trinajstić information content (AvgIpc) is 2.35. The zero-order valence-corrected chi connectivity index (χ0v) is 12.1. The maximum absolute atomic E-state index is 11.5. The molecule has 0 saturated carbocycles. The van der Waals surface area contributed by atoms with Gasteiger partial charge < -0.3 is 16.0 Å². The minimum Gasteiger partial charge on any atom is -0.357 e. The molecule has 1 rings (SSSR count). The summed E-state index contributed by atoms with van der Waals surface area (Å²) in [5, 5.41) is 8.64. The molecule has 1 aromatic rings. The highest BCUT2D eigenvalue weighted by Crippen LogP contribution is 2.08. The van der Waals surface area contributed by atoms with E-state index < -0.39 is 0 Å². The fourth-order valence-corrected chi connectivity index (χ4v) is 1.40. The molecule has 19 heavy (non-hydrogen) atoms. The van der Waals surface area contributed by atoms with E-state index in [4.69, 9.17) is 11.6 Å². The third-order valence-electron chi connectivity index (χ3n) is 2.17. The quantitative estimate of drug-likeness (QED) is 0.696. The maximum Gasteiger partial charge on any atom is 0.228 e. The molecule has 1 aromatic heterocycles. The Hall–Kier alpha value is -1.63. The number of amides is 1. The van der Waals surface area contributed by atoms with Crippen LogP contribution in [0.5, 0.6) is 0 Å². The first kappa shape index (κ1) is 15.4. The molecule has 1 amide bonds. The number of carbonyl (C=O) groups excluding carboxylic acids is 1. The van der Waals surface area contributed by atoms with Crippen molar-refractivity contribution >= 4 is 29.4 Å². The van der Waals surface area contributed by atoms with Crippen molar-refractivity contribution in [3.8, 4) is 0 Å². The molecule has 0 bridgehead atoms. The highest BCUT2D eigenvalue weighted by Gasteiger charge is 2.05. The third kappa shape index (κ3) is 6.19. The number of anilines is 2. The second-order valence-electron chi connectivity index (χ2n) is 4.38. The lowest BCUT2D eigenvalue weighted by molar-refractivity contribution is -0.120. The van der Waals surface area contributed by atoms with Gasteiger partial charge in [0.1, 0.15) is 0 Å². The number of hydrogen-bond donors (Lipinski definition) is 3. The van der Waals surface area contributed by atoms with Gasteiger partial charge in [-0.3, -0.25) is 4.79 Å². The summed E-state index contributed by atoms with van der Waals surface area (Å²) < 4.78 is 0. The van der Waals surface area contributed by atoms with Crippen LogP contribution in [-0.2, 0) is 4.79 Å². The molecule has 3 N–H and O–H groups in total. The van der Waals surface area contributed by atoms with Gasteiger partial charge in [-0.1, -0.05) is 13.8 Å². The highest BCUT2D eigenvalue weighted by atomic mass is 35.5. The Morgan fingerprint density at radius 2 is 1.95 bits per heavy atom. The van der Waals surface area contributed by atoms with Crippen LogP contribution >= 0.6 is 11.6 Å². The Kier molecular flexibility index (Phi) is 6.27. The lowest BCUT2D eigenvalue weighted by atomic mass is 10.2. The van der Waals surface area contributed by atoms with Gasteiger partial charge in [0.25, 0.3) is 0 Å². The van der Waals surface area contributed by atoms with Crippen LogP contribution in [0.25, 0.3) is 0 Å². The Bertz CT molecular complexity index is 426. The number of nitrogens with one attached hydrogen (secondary N) is 3. The molecule has 0 radical (unpaired) electrons. The van der Waals surface area contributed by atoms with E-state index in [0.717, 1.165) is 0 Å². The van der Waals surface area contributed by atoms with E-state index >= 15 is 0 Å². The summed E-state index contributed by atoms with van der Waals surface area (Å²) in [4.78, 5) is 23.3. The van der Waals surface area contributed by atoms with Crippen molar-refractivity contribution in [2.45, 2.75) is 20.3 Å². The second-order valence-corrected chi connectivity index (χ2v) is 4.71. The van der Waals surface area contributed by atoms with Crippen molar-refractivity contribution in [3.05, 3.63) is 5.28 Å². The van der Waals surface area contributed by atoms with E-state index in [2.05, 4.69) is 30.9 Å².